The Morgan fingerprint density at radius 2 is 2.15 bits per heavy atom. The Morgan fingerprint density at radius 1 is 1.40 bits per heavy atom. The third-order valence-electron chi connectivity index (χ3n) is 2.96. The summed E-state index contributed by atoms with van der Waals surface area (Å²) in [6, 6.07) is 0.206. The summed E-state index contributed by atoms with van der Waals surface area (Å²) in [6.45, 7) is 7.89. The monoisotopic (exact) mass is 278 g/mol. The van der Waals surface area contributed by atoms with Crippen molar-refractivity contribution < 1.29 is 14.1 Å². The summed E-state index contributed by atoms with van der Waals surface area (Å²) in [7, 11) is 0. The summed E-state index contributed by atoms with van der Waals surface area (Å²) < 4.78 is 10.0. The molecule has 7 nitrogen and oxygen atoms in total. The van der Waals surface area contributed by atoms with Crippen LogP contribution < -0.4 is 5.32 Å². The summed E-state index contributed by atoms with van der Waals surface area (Å²) in [6.07, 6.45) is 0.921. The lowest BCUT2D eigenvalue weighted by Gasteiger charge is -2.13. The molecule has 7 heteroatoms. The summed E-state index contributed by atoms with van der Waals surface area (Å²) in [5.41, 5.74) is 0.965. The predicted molar refractivity (Wildman–Crippen MR) is 73.7 cm³/mol. The molecule has 2 heterocycles. The highest BCUT2D eigenvalue weighted by atomic mass is 16.5. The Hall–Kier alpha value is -2.18. The van der Waals surface area contributed by atoms with Crippen LogP contribution in [0.15, 0.2) is 4.52 Å². The number of carbonyl (C=O) groups excluding carboxylic acids is 1. The van der Waals surface area contributed by atoms with Gasteiger partial charge >= 0.3 is 5.97 Å². The lowest BCUT2D eigenvalue weighted by atomic mass is 10.2. The lowest BCUT2D eigenvalue weighted by Crippen LogP contribution is -2.17. The van der Waals surface area contributed by atoms with Crippen molar-refractivity contribution in [3.05, 3.63) is 11.5 Å². The molecule has 0 radical (unpaired) electrons. The van der Waals surface area contributed by atoms with E-state index >= 15 is 0 Å². The van der Waals surface area contributed by atoms with E-state index in [0.717, 1.165) is 6.42 Å². The number of fused-ring (bicyclic) bond motifs is 1. The maximum absolute atomic E-state index is 11.8. The number of ether oxygens (including phenoxy) is 1. The molecule has 0 spiro atoms. The molecule has 0 bridgehead atoms. The van der Waals surface area contributed by atoms with E-state index in [9.17, 15) is 4.79 Å². The van der Waals surface area contributed by atoms with Gasteiger partial charge in [-0.1, -0.05) is 12.1 Å². The van der Waals surface area contributed by atoms with Crippen molar-refractivity contribution in [2.75, 3.05) is 11.9 Å². The second-order valence-electron chi connectivity index (χ2n) is 4.52. The maximum Gasteiger partial charge on any atom is 0.376 e. The van der Waals surface area contributed by atoms with Gasteiger partial charge in [0.2, 0.25) is 5.82 Å². The van der Waals surface area contributed by atoms with Crippen LogP contribution in [0.5, 0.6) is 0 Å². The number of aryl methyl sites for hydroxylation is 1. The van der Waals surface area contributed by atoms with Crippen LogP contribution in [-0.2, 0) is 4.74 Å². The highest BCUT2D eigenvalue weighted by molar-refractivity contribution is 5.93. The fourth-order valence-electron chi connectivity index (χ4n) is 1.72. The molecule has 0 aliphatic carbocycles. The topological polar surface area (TPSA) is 90.1 Å². The molecule has 2 aromatic heterocycles. The van der Waals surface area contributed by atoms with E-state index in [0.29, 0.717) is 16.9 Å². The largest absolute Gasteiger partial charge is 0.460 e. The van der Waals surface area contributed by atoms with Crippen molar-refractivity contribution >= 4 is 22.9 Å². The molecule has 0 amide bonds. The van der Waals surface area contributed by atoms with Gasteiger partial charge in [0.05, 0.1) is 12.3 Å². The Labute approximate surface area is 116 Å². The zero-order chi connectivity index (χ0) is 14.7. The minimum atomic E-state index is -0.573. The molecule has 1 atom stereocenters. The molecule has 1 N–H and O–H groups in total. The van der Waals surface area contributed by atoms with Gasteiger partial charge in [-0.05, 0) is 27.2 Å². The van der Waals surface area contributed by atoms with E-state index in [2.05, 4.69) is 27.4 Å². The van der Waals surface area contributed by atoms with Crippen LogP contribution in [-0.4, -0.2) is 33.7 Å². The smallest absolute Gasteiger partial charge is 0.376 e. The zero-order valence-corrected chi connectivity index (χ0v) is 12.1. The summed E-state index contributed by atoms with van der Waals surface area (Å²) >= 11 is 0. The Morgan fingerprint density at radius 3 is 2.80 bits per heavy atom. The van der Waals surface area contributed by atoms with Crippen LogP contribution in [0, 0.1) is 6.92 Å². The molecule has 2 aromatic rings. The van der Waals surface area contributed by atoms with Crippen LogP contribution in [0.25, 0.3) is 11.1 Å². The maximum atomic E-state index is 11.8. The molecule has 2 rings (SSSR count). The number of anilines is 1. The van der Waals surface area contributed by atoms with Crippen LogP contribution in [0.1, 0.15) is 43.5 Å². The van der Waals surface area contributed by atoms with Gasteiger partial charge < -0.3 is 14.6 Å². The van der Waals surface area contributed by atoms with Gasteiger partial charge in [-0.2, -0.15) is 4.98 Å². The third-order valence-corrected chi connectivity index (χ3v) is 2.96. The first-order valence-electron chi connectivity index (χ1n) is 6.64. The van der Waals surface area contributed by atoms with Gasteiger partial charge in [-0.25, -0.2) is 9.78 Å². The van der Waals surface area contributed by atoms with E-state index in [1.54, 1.807) is 13.8 Å². The number of nitrogens with zero attached hydrogens (tertiary/aromatic N) is 3. The van der Waals surface area contributed by atoms with E-state index in [-0.39, 0.29) is 24.2 Å². The summed E-state index contributed by atoms with van der Waals surface area (Å²) in [5.74, 6) is -0.0527. The van der Waals surface area contributed by atoms with Crippen molar-refractivity contribution in [2.24, 2.45) is 0 Å². The molecule has 0 aliphatic rings. The van der Waals surface area contributed by atoms with Gasteiger partial charge in [-0.3, -0.25) is 0 Å². The number of carbonyl (C=O) groups is 1. The number of aromatic nitrogens is 3. The number of esters is 1. The number of nitrogens with one attached hydrogen (secondary N) is 1. The first kappa shape index (κ1) is 14.2. The minimum absolute atomic E-state index is 0.0266. The molecule has 0 fully saturated rings. The van der Waals surface area contributed by atoms with Crippen molar-refractivity contribution in [3.63, 3.8) is 0 Å². The SMILES string of the molecule is CCOC(=O)c1nc(NC(C)CC)c2c(C)noc2n1. The average molecular weight is 278 g/mol. The zero-order valence-electron chi connectivity index (χ0n) is 12.1. The van der Waals surface area contributed by atoms with Crippen LogP contribution in [0.4, 0.5) is 5.82 Å². The molecular weight excluding hydrogens is 260 g/mol. The summed E-state index contributed by atoms with van der Waals surface area (Å²) in [5, 5.41) is 7.80. The van der Waals surface area contributed by atoms with Crippen molar-refractivity contribution in [1.29, 1.82) is 0 Å². The highest BCUT2D eigenvalue weighted by Gasteiger charge is 2.20. The minimum Gasteiger partial charge on any atom is -0.460 e. The standard InChI is InChI=1S/C13H18N4O3/c1-5-7(3)14-10-9-8(4)17-20-12(9)16-11(15-10)13(18)19-6-2/h7H,5-6H2,1-4H3,(H,14,15,16). The first-order chi connectivity index (χ1) is 9.56. The predicted octanol–water partition coefficient (Wildman–Crippen LogP) is 2.31. The average Bonchev–Trinajstić information content (AvgIpc) is 2.80. The number of rotatable bonds is 5. The van der Waals surface area contributed by atoms with Crippen molar-refractivity contribution in [3.8, 4) is 0 Å². The van der Waals surface area contributed by atoms with E-state index in [1.165, 1.54) is 0 Å². The lowest BCUT2D eigenvalue weighted by molar-refractivity contribution is 0.0512. The van der Waals surface area contributed by atoms with Gasteiger partial charge in [0.1, 0.15) is 11.2 Å². The van der Waals surface area contributed by atoms with Gasteiger partial charge in [0.25, 0.3) is 5.71 Å². The molecule has 108 valence electrons. The quantitative estimate of drug-likeness (QED) is 0.839. The fraction of sp³-hybridized carbons (Fsp3) is 0.538. The van der Waals surface area contributed by atoms with Crippen LogP contribution >= 0.6 is 0 Å². The van der Waals surface area contributed by atoms with Gasteiger partial charge in [0.15, 0.2) is 0 Å². The normalized spacial score (nSPS) is 12.4. The van der Waals surface area contributed by atoms with Gasteiger partial charge in [-0.15, -0.1) is 0 Å². The molecule has 0 saturated heterocycles. The molecule has 0 aromatic carbocycles. The number of hydrogen-bond acceptors (Lipinski definition) is 7. The third kappa shape index (κ3) is 2.71. The van der Waals surface area contributed by atoms with Crippen molar-refractivity contribution in [1.82, 2.24) is 15.1 Å². The van der Waals surface area contributed by atoms with E-state index < -0.39 is 5.97 Å². The highest BCUT2D eigenvalue weighted by Crippen LogP contribution is 2.24. The van der Waals surface area contributed by atoms with Crippen LogP contribution in [0.2, 0.25) is 0 Å². The molecule has 1 unspecified atom stereocenters. The Kier molecular flexibility index (Phi) is 4.16. The van der Waals surface area contributed by atoms with Crippen LogP contribution in [0.3, 0.4) is 0 Å². The van der Waals surface area contributed by atoms with E-state index in [4.69, 9.17) is 9.26 Å². The first-order valence-corrected chi connectivity index (χ1v) is 6.64. The Balaban J connectivity index is 2.50. The molecule has 20 heavy (non-hydrogen) atoms. The van der Waals surface area contributed by atoms with Gasteiger partial charge in [0, 0.05) is 6.04 Å². The second-order valence-corrected chi connectivity index (χ2v) is 4.52. The molecule has 0 aliphatic heterocycles. The Bertz CT molecular complexity index is 623. The second kappa shape index (κ2) is 5.85. The summed E-state index contributed by atoms with van der Waals surface area (Å²) in [4.78, 5) is 20.1. The fourth-order valence-corrected chi connectivity index (χ4v) is 1.72. The molecule has 0 saturated carbocycles. The van der Waals surface area contributed by atoms with E-state index in [1.807, 2.05) is 6.92 Å². The number of hydrogen-bond donors (Lipinski definition) is 1. The van der Waals surface area contributed by atoms with Crippen molar-refractivity contribution in [2.45, 2.75) is 40.2 Å². The molecular formula is C13H18N4O3.